The molecular formula is C21H10F6I6O9S. The van der Waals surface area contributed by atoms with Crippen LogP contribution in [0.25, 0.3) is 0 Å². The zero-order valence-electron chi connectivity index (χ0n) is 20.2. The van der Waals surface area contributed by atoms with E-state index in [1.54, 1.807) is 90.4 Å². The second-order valence-corrected chi connectivity index (χ2v) is 16.8. The molecule has 0 aliphatic heterocycles. The van der Waals surface area contributed by atoms with Gasteiger partial charge in [0.15, 0.2) is 11.5 Å². The summed E-state index contributed by atoms with van der Waals surface area (Å²) in [6.45, 7) is 0.295. The Labute approximate surface area is 320 Å². The maximum atomic E-state index is 13.9. The van der Waals surface area contributed by atoms with Gasteiger partial charge in [0.2, 0.25) is 0 Å². The Balaban J connectivity index is 2.80. The van der Waals surface area contributed by atoms with E-state index in [9.17, 15) is 49.1 Å². The number of rotatable bonds is 8. The second-order valence-electron chi connectivity index (χ2n) is 8.24. The van der Waals surface area contributed by atoms with Crippen LogP contribution in [-0.2, 0) is 29.2 Å². The Bertz CT molecular complexity index is 1450. The van der Waals surface area contributed by atoms with Gasteiger partial charge in [-0.05, 0) is 167 Å². The number of ether oxygens (including phenoxy) is 3. The van der Waals surface area contributed by atoms with Crippen molar-refractivity contribution in [3.8, 4) is 11.5 Å². The Hall–Kier alpha value is 0.720. The molecule has 2 aromatic rings. The smallest absolute Gasteiger partial charge is 0.437 e. The van der Waals surface area contributed by atoms with Crippen molar-refractivity contribution in [3.63, 3.8) is 0 Å². The van der Waals surface area contributed by atoms with Gasteiger partial charge in [0.05, 0.1) is 14.3 Å². The van der Waals surface area contributed by atoms with E-state index in [1.165, 1.54) is 24.3 Å². The van der Waals surface area contributed by atoms with E-state index in [0.29, 0.717) is 14.1 Å². The molecule has 0 spiro atoms. The van der Waals surface area contributed by atoms with Crippen molar-refractivity contribution in [3.05, 3.63) is 45.7 Å². The number of hydrogen-bond donors (Lipinski definition) is 1. The van der Waals surface area contributed by atoms with Gasteiger partial charge in [-0.2, -0.15) is 34.8 Å². The molecule has 0 saturated carbocycles. The van der Waals surface area contributed by atoms with E-state index in [1.807, 2.05) is 45.2 Å². The summed E-state index contributed by atoms with van der Waals surface area (Å²) in [5.41, 5.74) is -9.63. The lowest BCUT2D eigenvalue weighted by Crippen LogP contribution is -2.65. The number of carbonyl (C=O) groups excluding carboxylic acids is 3. The molecule has 0 aliphatic carbocycles. The van der Waals surface area contributed by atoms with Crippen molar-refractivity contribution < 1.29 is 67.9 Å². The van der Waals surface area contributed by atoms with Gasteiger partial charge in [-0.25, -0.2) is 9.59 Å². The van der Waals surface area contributed by atoms with Crippen LogP contribution in [0.1, 0.15) is 6.92 Å². The molecule has 0 unspecified atom stereocenters. The number of halogens is 12. The molecule has 0 bridgehead atoms. The largest absolute Gasteiger partial charge is 0.438 e. The average Bonchev–Trinajstić information content (AvgIpc) is 2.79. The molecule has 0 amide bonds. The average molecular weight is 1310 g/mol. The van der Waals surface area contributed by atoms with Crippen LogP contribution in [0.2, 0.25) is 0 Å². The van der Waals surface area contributed by atoms with Crippen LogP contribution < -0.4 is 9.47 Å². The lowest BCUT2D eigenvalue weighted by atomic mass is 9.90. The molecule has 0 radical (unpaired) electrons. The monoisotopic (exact) mass is 1310 g/mol. The van der Waals surface area contributed by atoms with Crippen LogP contribution in [0.5, 0.6) is 11.5 Å². The van der Waals surface area contributed by atoms with Crippen molar-refractivity contribution in [1.82, 2.24) is 0 Å². The Morgan fingerprint density at radius 2 is 1.00 bits per heavy atom. The SMILES string of the molecule is CC(C(=O)Oc1c(I)cc(I)cc1I)(C(=O)Oc1c(I)cc(I)cc1I)C(=O)OC(CS(=O)(=O)O)(C(F)(F)F)C(F)(F)F. The predicted octanol–water partition coefficient (Wildman–Crippen LogP) is 7.13. The Morgan fingerprint density at radius 1 is 0.698 bits per heavy atom. The molecule has 0 heterocycles. The quantitative estimate of drug-likeness (QED) is 0.0733. The highest BCUT2D eigenvalue weighted by atomic mass is 127. The number of hydrogen-bond acceptors (Lipinski definition) is 8. The first-order valence-electron chi connectivity index (χ1n) is 10.3. The van der Waals surface area contributed by atoms with Crippen molar-refractivity contribution >= 4 is 164 Å². The van der Waals surface area contributed by atoms with Crippen LogP contribution in [0.3, 0.4) is 0 Å². The Kier molecular flexibility index (Phi) is 13.4. The van der Waals surface area contributed by atoms with E-state index in [2.05, 4.69) is 4.74 Å². The normalized spacial score (nSPS) is 13.0. The fourth-order valence-electron chi connectivity index (χ4n) is 2.88. The Morgan fingerprint density at radius 3 is 1.26 bits per heavy atom. The van der Waals surface area contributed by atoms with Gasteiger partial charge in [0.25, 0.3) is 15.5 Å². The molecule has 2 aromatic carbocycles. The van der Waals surface area contributed by atoms with E-state index in [-0.39, 0.29) is 25.8 Å². The highest BCUT2D eigenvalue weighted by molar-refractivity contribution is 14.1. The summed E-state index contributed by atoms with van der Waals surface area (Å²) in [6, 6.07) is 5.84. The summed E-state index contributed by atoms with van der Waals surface area (Å²) in [7, 11) is -6.16. The first-order chi connectivity index (χ1) is 19.3. The molecule has 0 saturated heterocycles. The van der Waals surface area contributed by atoms with E-state index in [4.69, 9.17) is 14.0 Å². The number of benzene rings is 2. The highest BCUT2D eigenvalue weighted by Gasteiger charge is 2.77. The third-order valence-corrected chi connectivity index (χ3v) is 10.3. The minimum atomic E-state index is -6.73. The maximum absolute atomic E-state index is 13.9. The topological polar surface area (TPSA) is 133 Å². The van der Waals surface area contributed by atoms with Crippen molar-refractivity contribution in [2.75, 3.05) is 5.75 Å². The molecule has 43 heavy (non-hydrogen) atoms. The predicted molar refractivity (Wildman–Crippen MR) is 186 cm³/mol. The van der Waals surface area contributed by atoms with Gasteiger partial charge >= 0.3 is 35.9 Å². The third-order valence-electron chi connectivity index (χ3n) is 5.11. The number of esters is 3. The molecule has 238 valence electrons. The minimum Gasteiger partial charge on any atom is -0.437 e. The first-order valence-corrected chi connectivity index (χ1v) is 18.4. The molecule has 1 N–H and O–H groups in total. The fourth-order valence-corrected chi connectivity index (χ4v) is 11.4. The van der Waals surface area contributed by atoms with Gasteiger partial charge in [-0.15, -0.1) is 0 Å². The molecule has 0 aromatic heterocycles. The van der Waals surface area contributed by atoms with Gasteiger partial charge in [-0.3, -0.25) is 9.35 Å². The van der Waals surface area contributed by atoms with Gasteiger partial charge in [0, 0.05) is 7.14 Å². The van der Waals surface area contributed by atoms with Gasteiger partial charge in [-0.1, -0.05) is 0 Å². The van der Waals surface area contributed by atoms with Gasteiger partial charge < -0.3 is 14.2 Å². The molecule has 0 fully saturated rings. The molecule has 2 rings (SSSR count). The zero-order valence-corrected chi connectivity index (χ0v) is 33.9. The standard InChI is InChI=1S/C21H10F6I6O9S/c1-18(15(34)40-13-9(30)2-7(28)3-10(13)31,16(35)41-14-11(32)4-8(29)5-12(14)33)17(36)42-19(20(22,23)24,21(25,26)27)6-43(37,38)39/h2-5H,6H2,1H3,(H,37,38,39). The second kappa shape index (κ2) is 14.5. The van der Waals surface area contributed by atoms with Crippen LogP contribution in [0.15, 0.2) is 24.3 Å². The van der Waals surface area contributed by atoms with Crippen LogP contribution in [0, 0.1) is 26.8 Å². The van der Waals surface area contributed by atoms with Crippen molar-refractivity contribution in [2.24, 2.45) is 5.41 Å². The summed E-state index contributed by atoms with van der Waals surface area (Å²) >= 11 is 10.5. The summed E-state index contributed by atoms with van der Waals surface area (Å²) < 4.78 is 131. The summed E-state index contributed by atoms with van der Waals surface area (Å²) in [5, 5.41) is 0. The molecule has 0 aliphatic rings. The van der Waals surface area contributed by atoms with Crippen LogP contribution in [0.4, 0.5) is 26.3 Å². The van der Waals surface area contributed by atoms with E-state index in [0.717, 1.165) is 0 Å². The van der Waals surface area contributed by atoms with Crippen LogP contribution >= 0.6 is 136 Å². The zero-order chi connectivity index (χ0) is 33.5. The first kappa shape index (κ1) is 39.9. The van der Waals surface area contributed by atoms with Crippen molar-refractivity contribution in [1.29, 1.82) is 0 Å². The van der Waals surface area contributed by atoms with Crippen molar-refractivity contribution in [2.45, 2.75) is 24.9 Å². The summed E-state index contributed by atoms with van der Waals surface area (Å²) in [6.07, 6.45) is -13.5. The molecule has 9 nitrogen and oxygen atoms in total. The highest BCUT2D eigenvalue weighted by Crippen LogP contribution is 2.48. The van der Waals surface area contributed by atoms with E-state index >= 15 is 0 Å². The third kappa shape index (κ3) is 9.21. The lowest BCUT2D eigenvalue weighted by molar-refractivity contribution is -0.362. The number of alkyl halides is 6. The fraction of sp³-hybridized carbons (Fsp3) is 0.286. The number of carbonyl (C=O) groups is 3. The molecule has 0 atom stereocenters. The minimum absolute atomic E-state index is 0.194. The van der Waals surface area contributed by atoms with Crippen LogP contribution in [-0.4, -0.2) is 54.6 Å². The lowest BCUT2D eigenvalue weighted by Gasteiger charge is -2.37. The molecule has 22 heteroatoms. The van der Waals surface area contributed by atoms with Gasteiger partial charge in [0.1, 0.15) is 5.75 Å². The summed E-state index contributed by atoms with van der Waals surface area (Å²) in [4.78, 5) is 40.1. The summed E-state index contributed by atoms with van der Waals surface area (Å²) in [5.74, 6) is -10.7. The maximum Gasteiger partial charge on any atom is 0.438 e. The molecular weight excluding hydrogens is 1300 g/mol. The van der Waals surface area contributed by atoms with E-state index < -0.39 is 57.1 Å².